The molecule has 0 fully saturated rings. The van der Waals surface area contributed by atoms with Crippen molar-refractivity contribution in [2.75, 3.05) is 22.1 Å². The number of anilines is 2. The van der Waals surface area contributed by atoms with Gasteiger partial charge in [-0.2, -0.15) is 0 Å². The Bertz CT molecular complexity index is 731. The van der Waals surface area contributed by atoms with Crippen LogP contribution in [0.3, 0.4) is 0 Å². The van der Waals surface area contributed by atoms with Gasteiger partial charge in [0.05, 0.1) is 11.5 Å². The molecule has 0 atom stereocenters. The van der Waals surface area contributed by atoms with Crippen molar-refractivity contribution in [2.24, 2.45) is 0 Å². The first-order chi connectivity index (χ1) is 11.8. The zero-order valence-corrected chi connectivity index (χ0v) is 16.2. The van der Waals surface area contributed by atoms with Crippen LogP contribution >= 0.6 is 35.0 Å². The fourth-order valence-electron chi connectivity index (χ4n) is 2.07. The molecule has 2 aromatic carbocycles. The van der Waals surface area contributed by atoms with Gasteiger partial charge in [-0.1, -0.05) is 35.3 Å². The molecule has 132 valence electrons. The molecule has 0 heterocycles. The van der Waals surface area contributed by atoms with E-state index in [1.54, 1.807) is 24.3 Å². The Labute approximate surface area is 161 Å². The molecule has 0 saturated heterocycles. The van der Waals surface area contributed by atoms with Gasteiger partial charge in [-0.05, 0) is 49.2 Å². The van der Waals surface area contributed by atoms with E-state index < -0.39 is 0 Å². The second-order valence-corrected chi connectivity index (χ2v) is 7.37. The van der Waals surface area contributed by atoms with Gasteiger partial charge in [0.15, 0.2) is 0 Å². The van der Waals surface area contributed by atoms with E-state index in [4.69, 9.17) is 23.2 Å². The summed E-state index contributed by atoms with van der Waals surface area (Å²) in [6.07, 6.45) is 0. The molecule has 0 aliphatic heterocycles. The highest BCUT2D eigenvalue weighted by atomic mass is 35.5. The summed E-state index contributed by atoms with van der Waals surface area (Å²) in [5.74, 6) is -0.00821. The predicted octanol–water partition coefficient (Wildman–Crippen LogP) is 4.92. The quantitative estimate of drug-likeness (QED) is 0.728. The van der Waals surface area contributed by atoms with E-state index in [0.29, 0.717) is 21.4 Å². The molecule has 0 radical (unpaired) electrons. The maximum Gasteiger partial charge on any atom is 0.234 e. The third-order valence-corrected chi connectivity index (χ3v) is 4.82. The van der Waals surface area contributed by atoms with Gasteiger partial charge >= 0.3 is 0 Å². The van der Waals surface area contributed by atoms with Crippen molar-refractivity contribution in [1.29, 1.82) is 0 Å². The third kappa shape index (κ3) is 6.27. The molecule has 2 rings (SSSR count). The Morgan fingerprint density at radius 3 is 1.64 bits per heavy atom. The summed E-state index contributed by atoms with van der Waals surface area (Å²) in [7, 11) is 0. The Balaban J connectivity index is 1.79. The molecule has 0 bridgehead atoms. The van der Waals surface area contributed by atoms with Crippen molar-refractivity contribution >= 4 is 58.2 Å². The van der Waals surface area contributed by atoms with Crippen LogP contribution < -0.4 is 10.6 Å². The number of carbonyl (C=O) groups is 2. The van der Waals surface area contributed by atoms with E-state index >= 15 is 0 Å². The van der Waals surface area contributed by atoms with Gasteiger partial charge in [-0.15, -0.1) is 11.8 Å². The number of benzene rings is 2. The van der Waals surface area contributed by atoms with Crippen LogP contribution in [0.5, 0.6) is 0 Å². The summed E-state index contributed by atoms with van der Waals surface area (Å²) in [6, 6.07) is 10.6. The molecule has 2 N–H and O–H groups in total. The molecule has 4 nitrogen and oxygen atoms in total. The fraction of sp³-hybridized carbons (Fsp3) is 0.222. The van der Waals surface area contributed by atoms with E-state index in [1.165, 1.54) is 11.8 Å². The topological polar surface area (TPSA) is 58.2 Å². The van der Waals surface area contributed by atoms with E-state index in [0.717, 1.165) is 11.1 Å². The van der Waals surface area contributed by atoms with Crippen LogP contribution in [0.1, 0.15) is 11.1 Å². The van der Waals surface area contributed by atoms with Gasteiger partial charge in [-0.25, -0.2) is 0 Å². The summed E-state index contributed by atoms with van der Waals surface area (Å²) >= 11 is 13.1. The minimum Gasteiger partial charge on any atom is -0.325 e. The highest BCUT2D eigenvalue weighted by molar-refractivity contribution is 8.00. The number of nitrogens with one attached hydrogen (secondary N) is 2. The summed E-state index contributed by atoms with van der Waals surface area (Å²) in [5.41, 5.74) is 3.21. The third-order valence-electron chi connectivity index (χ3n) is 3.41. The number of amides is 2. The maximum atomic E-state index is 12.0. The lowest BCUT2D eigenvalue weighted by atomic mass is 10.2. The molecule has 2 aromatic rings. The highest BCUT2D eigenvalue weighted by Gasteiger charge is 2.09. The minimum absolute atomic E-state index is 0.175. The van der Waals surface area contributed by atoms with Crippen molar-refractivity contribution < 1.29 is 9.59 Å². The molecule has 7 heteroatoms. The number of hydrogen-bond donors (Lipinski definition) is 2. The molecular weight excluding hydrogens is 379 g/mol. The molecule has 0 saturated carbocycles. The van der Waals surface area contributed by atoms with Gasteiger partial charge in [0.2, 0.25) is 11.8 Å². The van der Waals surface area contributed by atoms with Crippen molar-refractivity contribution in [3.8, 4) is 0 Å². The van der Waals surface area contributed by atoms with Crippen LogP contribution in [0.2, 0.25) is 10.0 Å². The van der Waals surface area contributed by atoms with Crippen LogP contribution in [0.25, 0.3) is 0 Å². The molecule has 0 aliphatic rings. The smallest absolute Gasteiger partial charge is 0.234 e. The number of thioether (sulfide) groups is 1. The Kier molecular flexibility index (Phi) is 7.17. The van der Waals surface area contributed by atoms with Gasteiger partial charge in [-0.3, -0.25) is 9.59 Å². The second-order valence-electron chi connectivity index (χ2n) is 5.51. The first-order valence-corrected chi connectivity index (χ1v) is 9.46. The monoisotopic (exact) mass is 396 g/mol. The van der Waals surface area contributed by atoms with E-state index in [2.05, 4.69) is 10.6 Å². The summed E-state index contributed by atoms with van der Waals surface area (Å²) in [6.45, 7) is 3.78. The standard InChI is InChI=1S/C18H18Cl2N2O2S/c1-11-3-5-13(19)7-15(11)21-17(23)9-25-10-18(24)22-16-8-14(20)6-4-12(16)2/h3-8H,9-10H2,1-2H3,(H,21,23)(H,22,24). The van der Waals surface area contributed by atoms with Gasteiger partial charge in [0.25, 0.3) is 0 Å². The van der Waals surface area contributed by atoms with Gasteiger partial charge < -0.3 is 10.6 Å². The molecule has 0 unspecified atom stereocenters. The fourth-order valence-corrected chi connectivity index (χ4v) is 3.03. The number of hydrogen-bond acceptors (Lipinski definition) is 3. The Morgan fingerprint density at radius 2 is 1.24 bits per heavy atom. The summed E-state index contributed by atoms with van der Waals surface area (Å²) in [5, 5.41) is 6.72. The molecule has 2 amide bonds. The minimum atomic E-state index is -0.179. The second kappa shape index (κ2) is 9.13. The number of carbonyl (C=O) groups excluding carboxylic acids is 2. The molecular formula is C18H18Cl2N2O2S. The van der Waals surface area contributed by atoms with Crippen molar-refractivity contribution in [3.63, 3.8) is 0 Å². The van der Waals surface area contributed by atoms with Crippen LogP contribution in [0, 0.1) is 13.8 Å². The number of rotatable bonds is 6. The van der Waals surface area contributed by atoms with Crippen LogP contribution in [-0.2, 0) is 9.59 Å². The molecule has 0 spiro atoms. The van der Waals surface area contributed by atoms with E-state index in [-0.39, 0.29) is 23.3 Å². The van der Waals surface area contributed by atoms with Crippen molar-refractivity contribution in [2.45, 2.75) is 13.8 Å². The summed E-state index contributed by atoms with van der Waals surface area (Å²) in [4.78, 5) is 24.0. The van der Waals surface area contributed by atoms with Crippen LogP contribution in [0.4, 0.5) is 11.4 Å². The molecule has 0 aromatic heterocycles. The predicted molar refractivity (Wildman–Crippen MR) is 107 cm³/mol. The van der Waals surface area contributed by atoms with Gasteiger partial charge in [0, 0.05) is 21.4 Å². The largest absolute Gasteiger partial charge is 0.325 e. The Morgan fingerprint density at radius 1 is 0.840 bits per heavy atom. The lowest BCUT2D eigenvalue weighted by Crippen LogP contribution is -2.19. The SMILES string of the molecule is Cc1ccc(Cl)cc1NC(=O)CSCC(=O)Nc1cc(Cl)ccc1C. The number of aryl methyl sites for hydroxylation is 2. The van der Waals surface area contributed by atoms with Crippen molar-refractivity contribution in [3.05, 3.63) is 57.6 Å². The summed E-state index contributed by atoms with van der Waals surface area (Å²) < 4.78 is 0. The van der Waals surface area contributed by atoms with E-state index in [9.17, 15) is 9.59 Å². The molecule has 0 aliphatic carbocycles. The van der Waals surface area contributed by atoms with E-state index in [1.807, 2.05) is 26.0 Å². The Hall–Kier alpha value is -1.69. The normalized spacial score (nSPS) is 10.4. The first-order valence-electron chi connectivity index (χ1n) is 7.55. The lowest BCUT2D eigenvalue weighted by molar-refractivity contribution is -0.114. The van der Waals surface area contributed by atoms with Crippen LogP contribution in [0.15, 0.2) is 36.4 Å². The zero-order valence-electron chi connectivity index (χ0n) is 13.9. The van der Waals surface area contributed by atoms with Crippen molar-refractivity contribution in [1.82, 2.24) is 0 Å². The average Bonchev–Trinajstić information content (AvgIpc) is 2.54. The van der Waals surface area contributed by atoms with Gasteiger partial charge in [0.1, 0.15) is 0 Å². The maximum absolute atomic E-state index is 12.0. The van der Waals surface area contributed by atoms with Crippen LogP contribution in [-0.4, -0.2) is 23.3 Å². The zero-order chi connectivity index (χ0) is 18.4. The highest BCUT2D eigenvalue weighted by Crippen LogP contribution is 2.21. The number of halogens is 2. The molecule has 25 heavy (non-hydrogen) atoms. The first kappa shape index (κ1) is 19.6. The average molecular weight is 397 g/mol. The lowest BCUT2D eigenvalue weighted by Gasteiger charge is -2.10.